The maximum Gasteiger partial charge on any atom is 0.263 e. The van der Waals surface area contributed by atoms with E-state index in [9.17, 15) is 13.2 Å². The van der Waals surface area contributed by atoms with Crippen molar-refractivity contribution in [2.75, 3.05) is 35.1 Å². The zero-order valence-corrected chi connectivity index (χ0v) is 21.7. The van der Waals surface area contributed by atoms with Gasteiger partial charge in [-0.1, -0.05) is 29.8 Å². The van der Waals surface area contributed by atoms with Crippen LogP contribution in [0.3, 0.4) is 0 Å². The Kier molecular flexibility index (Phi) is 7.65. The van der Waals surface area contributed by atoms with Crippen molar-refractivity contribution < 1.29 is 17.9 Å². The van der Waals surface area contributed by atoms with Gasteiger partial charge in [-0.05, 0) is 49.4 Å². The van der Waals surface area contributed by atoms with Gasteiger partial charge in [-0.3, -0.25) is 9.52 Å². The van der Waals surface area contributed by atoms with Crippen LogP contribution in [0, 0.1) is 0 Å². The van der Waals surface area contributed by atoms with Crippen LogP contribution in [0.4, 0.5) is 23.0 Å². The normalized spacial score (nSPS) is 11.2. The van der Waals surface area contributed by atoms with E-state index in [1.807, 2.05) is 6.92 Å². The number of sulfonamides is 1. The second-order valence-electron chi connectivity index (χ2n) is 7.96. The van der Waals surface area contributed by atoms with Crippen molar-refractivity contribution in [2.45, 2.75) is 11.8 Å². The Morgan fingerprint density at radius 1 is 1.03 bits per heavy atom. The fourth-order valence-corrected chi connectivity index (χ4v) is 4.83. The monoisotopic (exact) mass is 540 g/mol. The number of nitrogens with one attached hydrogen (secondary N) is 2. The van der Waals surface area contributed by atoms with Crippen molar-refractivity contribution in [3.8, 4) is 5.75 Å². The summed E-state index contributed by atoms with van der Waals surface area (Å²) >= 11 is 6.36. The van der Waals surface area contributed by atoms with Crippen LogP contribution in [0.1, 0.15) is 6.92 Å². The first kappa shape index (κ1) is 26.0. The van der Waals surface area contributed by atoms with Crippen LogP contribution < -0.4 is 25.4 Å². The van der Waals surface area contributed by atoms with E-state index in [0.717, 1.165) is 0 Å². The van der Waals surface area contributed by atoms with Gasteiger partial charge in [0.2, 0.25) is 5.91 Å². The van der Waals surface area contributed by atoms with E-state index in [1.165, 1.54) is 19.2 Å². The van der Waals surface area contributed by atoms with Crippen molar-refractivity contribution in [2.24, 2.45) is 5.73 Å². The second kappa shape index (κ2) is 10.9. The predicted octanol–water partition coefficient (Wildman–Crippen LogP) is 4.15. The van der Waals surface area contributed by atoms with Gasteiger partial charge in [0.25, 0.3) is 10.0 Å². The highest BCUT2D eigenvalue weighted by Gasteiger charge is 2.21. The fourth-order valence-electron chi connectivity index (χ4n) is 3.62. The molecule has 0 atom stereocenters. The lowest BCUT2D eigenvalue weighted by Crippen LogP contribution is -2.33. The van der Waals surface area contributed by atoms with Gasteiger partial charge in [-0.15, -0.1) is 0 Å². The lowest BCUT2D eigenvalue weighted by Gasteiger charge is -2.22. The Morgan fingerprint density at radius 2 is 1.73 bits per heavy atom. The van der Waals surface area contributed by atoms with Gasteiger partial charge >= 0.3 is 0 Å². The molecule has 0 bridgehead atoms. The smallest absolute Gasteiger partial charge is 0.263 e. The maximum atomic E-state index is 13.4. The Bertz CT molecular complexity index is 1560. The number of hydrogen-bond acceptors (Lipinski definition) is 8. The van der Waals surface area contributed by atoms with Crippen LogP contribution in [0.5, 0.6) is 5.75 Å². The average molecular weight is 541 g/mol. The number of benzene rings is 3. The topological polar surface area (TPSA) is 140 Å². The summed E-state index contributed by atoms with van der Waals surface area (Å²) in [6.07, 6.45) is 0. The molecule has 12 heteroatoms. The molecule has 10 nitrogen and oxygen atoms in total. The number of hydrogen-bond donors (Lipinski definition) is 3. The molecule has 0 unspecified atom stereocenters. The Morgan fingerprint density at radius 3 is 2.38 bits per heavy atom. The summed E-state index contributed by atoms with van der Waals surface area (Å²) < 4.78 is 34.7. The van der Waals surface area contributed by atoms with Crippen LogP contribution in [0.15, 0.2) is 71.6 Å². The molecule has 1 aromatic heterocycles. The molecule has 4 rings (SSSR count). The summed E-state index contributed by atoms with van der Waals surface area (Å²) in [5.74, 6) is 0.160. The number of rotatable bonds is 10. The molecule has 4 N–H and O–H groups in total. The number of aromatic nitrogens is 2. The number of likely N-dealkylation sites (N-methyl/N-ethyl adjacent to an activating group) is 1. The standard InChI is InChI=1S/C25H25ClN6O4S/c1-3-32(15-23(27)33)16-7-6-8-18(13-16)37(34,35)31-25-24(28-20-9-4-5-10-21(20)29-25)30-22-14-17(36-2)11-12-19(22)26/h4-14H,3,15H2,1-2H3,(H2,27,33)(H,28,30)(H,29,31). The summed E-state index contributed by atoms with van der Waals surface area (Å²) in [6, 6.07) is 18.3. The minimum atomic E-state index is -4.11. The molecule has 0 saturated heterocycles. The quantitative estimate of drug-likeness (QED) is 0.272. The zero-order valence-electron chi connectivity index (χ0n) is 20.1. The number of halogens is 1. The van der Waals surface area contributed by atoms with Crippen LogP contribution in [0.25, 0.3) is 11.0 Å². The maximum absolute atomic E-state index is 13.4. The molecular weight excluding hydrogens is 516 g/mol. The SMILES string of the molecule is CCN(CC(N)=O)c1cccc(S(=O)(=O)Nc2nc3ccccc3nc2Nc2cc(OC)ccc2Cl)c1. The number of methoxy groups -OCH3 is 1. The predicted molar refractivity (Wildman–Crippen MR) is 145 cm³/mol. The molecule has 0 fully saturated rings. The highest BCUT2D eigenvalue weighted by molar-refractivity contribution is 7.92. The molecule has 0 aliphatic carbocycles. The number of ether oxygens (including phenoxy) is 1. The summed E-state index contributed by atoms with van der Waals surface area (Å²) in [7, 11) is -2.58. The van der Waals surface area contributed by atoms with E-state index in [2.05, 4.69) is 20.0 Å². The molecule has 1 amide bonds. The van der Waals surface area contributed by atoms with Gasteiger partial charge < -0.3 is 20.7 Å². The van der Waals surface area contributed by atoms with Gasteiger partial charge in [-0.2, -0.15) is 0 Å². The molecule has 4 aromatic rings. The summed E-state index contributed by atoms with van der Waals surface area (Å²) in [6.45, 7) is 2.26. The highest BCUT2D eigenvalue weighted by Crippen LogP contribution is 2.33. The van der Waals surface area contributed by atoms with E-state index in [1.54, 1.807) is 59.5 Å². The van der Waals surface area contributed by atoms with E-state index in [0.29, 0.717) is 39.7 Å². The van der Waals surface area contributed by atoms with Crippen molar-refractivity contribution in [1.82, 2.24) is 9.97 Å². The number of primary amides is 1. The minimum absolute atomic E-state index is 0.0201. The molecule has 0 saturated carbocycles. The number of amides is 1. The van der Waals surface area contributed by atoms with Crippen molar-refractivity contribution in [3.05, 3.63) is 71.8 Å². The summed E-state index contributed by atoms with van der Waals surface area (Å²) in [5, 5.41) is 3.45. The number of carbonyl (C=O) groups is 1. The number of anilines is 4. The van der Waals surface area contributed by atoms with Crippen LogP contribution >= 0.6 is 11.6 Å². The molecule has 0 radical (unpaired) electrons. The first-order valence-electron chi connectivity index (χ1n) is 11.2. The fraction of sp³-hybridized carbons (Fsp3) is 0.160. The van der Waals surface area contributed by atoms with E-state index in [-0.39, 0.29) is 23.1 Å². The van der Waals surface area contributed by atoms with Crippen LogP contribution in [0.2, 0.25) is 5.02 Å². The Labute approximate surface area is 219 Å². The average Bonchev–Trinajstić information content (AvgIpc) is 2.88. The lowest BCUT2D eigenvalue weighted by atomic mass is 10.3. The van der Waals surface area contributed by atoms with Gasteiger partial charge in [0, 0.05) is 18.3 Å². The Hall–Kier alpha value is -4.09. The largest absolute Gasteiger partial charge is 0.497 e. The van der Waals surface area contributed by atoms with Crippen molar-refractivity contribution in [3.63, 3.8) is 0 Å². The molecule has 1 heterocycles. The first-order valence-corrected chi connectivity index (χ1v) is 13.1. The zero-order chi connectivity index (χ0) is 26.6. The molecule has 192 valence electrons. The van der Waals surface area contributed by atoms with Crippen molar-refractivity contribution >= 4 is 61.6 Å². The van der Waals surface area contributed by atoms with E-state index in [4.69, 9.17) is 22.1 Å². The van der Waals surface area contributed by atoms with E-state index < -0.39 is 15.9 Å². The van der Waals surface area contributed by atoms with Crippen LogP contribution in [-0.2, 0) is 14.8 Å². The molecule has 0 spiro atoms. The lowest BCUT2D eigenvalue weighted by molar-refractivity contribution is -0.116. The summed E-state index contributed by atoms with van der Waals surface area (Å²) in [4.78, 5) is 22.2. The Balaban J connectivity index is 1.74. The highest BCUT2D eigenvalue weighted by atomic mass is 35.5. The van der Waals surface area contributed by atoms with Gasteiger partial charge in [0.1, 0.15) is 5.75 Å². The van der Waals surface area contributed by atoms with Crippen LogP contribution in [-0.4, -0.2) is 44.5 Å². The van der Waals surface area contributed by atoms with Gasteiger partial charge in [0.15, 0.2) is 11.6 Å². The van der Waals surface area contributed by atoms with Gasteiger partial charge in [-0.25, -0.2) is 18.4 Å². The molecule has 3 aromatic carbocycles. The number of carbonyl (C=O) groups excluding carboxylic acids is 1. The third kappa shape index (κ3) is 6.01. The number of fused-ring (bicyclic) bond motifs is 1. The molecule has 0 aliphatic heterocycles. The number of para-hydroxylation sites is 2. The minimum Gasteiger partial charge on any atom is -0.497 e. The third-order valence-electron chi connectivity index (χ3n) is 5.45. The number of nitrogens with zero attached hydrogens (tertiary/aromatic N) is 3. The molecule has 37 heavy (non-hydrogen) atoms. The van der Waals surface area contributed by atoms with E-state index >= 15 is 0 Å². The van der Waals surface area contributed by atoms with Gasteiger partial charge in [0.05, 0.1) is 40.3 Å². The third-order valence-corrected chi connectivity index (χ3v) is 7.12. The van der Waals surface area contributed by atoms with Crippen molar-refractivity contribution in [1.29, 1.82) is 0 Å². The number of nitrogens with two attached hydrogens (primary N) is 1. The summed E-state index contributed by atoms with van der Waals surface area (Å²) in [5.41, 5.74) is 7.38. The second-order valence-corrected chi connectivity index (χ2v) is 10.1. The molecule has 0 aliphatic rings. The molecular formula is C25H25ClN6O4S. The first-order chi connectivity index (χ1) is 17.7.